The van der Waals surface area contributed by atoms with Crippen LogP contribution in [0.5, 0.6) is 5.75 Å². The minimum absolute atomic E-state index is 0.149. The molecule has 198 valence electrons. The first-order valence-corrected chi connectivity index (χ1v) is 13.9. The van der Waals surface area contributed by atoms with E-state index in [0.29, 0.717) is 23.7 Å². The number of likely N-dealkylation sites (tertiary alicyclic amines) is 1. The lowest BCUT2D eigenvalue weighted by atomic mass is 9.79. The SMILES string of the molecule is COc1ccc2nccc([C@H](O)CC[C@@H]3CCN(CCSc4ccccc4F)C[C@H]3CCC(=O)O)c2c1. The van der Waals surface area contributed by atoms with Crippen LogP contribution in [0.25, 0.3) is 10.9 Å². The third kappa shape index (κ3) is 7.43. The van der Waals surface area contributed by atoms with Gasteiger partial charge in [-0.2, -0.15) is 0 Å². The predicted octanol–water partition coefficient (Wildman–Crippen LogP) is 5.79. The molecule has 0 saturated carbocycles. The van der Waals surface area contributed by atoms with Crippen LogP contribution in [0, 0.1) is 17.7 Å². The topological polar surface area (TPSA) is 82.9 Å². The molecule has 3 aromatic rings. The normalized spacial score (nSPS) is 19.1. The Morgan fingerprint density at radius 2 is 2.05 bits per heavy atom. The highest BCUT2D eigenvalue weighted by molar-refractivity contribution is 7.99. The van der Waals surface area contributed by atoms with Crippen molar-refractivity contribution in [2.45, 2.75) is 43.1 Å². The van der Waals surface area contributed by atoms with Gasteiger partial charge in [-0.1, -0.05) is 12.1 Å². The van der Waals surface area contributed by atoms with Gasteiger partial charge in [-0.3, -0.25) is 9.78 Å². The van der Waals surface area contributed by atoms with Gasteiger partial charge in [0.2, 0.25) is 0 Å². The maximum atomic E-state index is 13.9. The van der Waals surface area contributed by atoms with Crippen LogP contribution in [0.15, 0.2) is 59.6 Å². The molecule has 2 N–H and O–H groups in total. The number of aliphatic hydroxyl groups excluding tert-OH is 1. The number of halogens is 1. The zero-order valence-corrected chi connectivity index (χ0v) is 22.0. The summed E-state index contributed by atoms with van der Waals surface area (Å²) in [5.74, 6) is 1.15. The first kappa shape index (κ1) is 27.4. The maximum absolute atomic E-state index is 13.9. The molecule has 2 heterocycles. The molecule has 8 heteroatoms. The lowest BCUT2D eigenvalue weighted by Gasteiger charge is -2.39. The highest BCUT2D eigenvalue weighted by atomic mass is 32.2. The number of ether oxygens (including phenoxy) is 1. The van der Waals surface area contributed by atoms with Gasteiger partial charge >= 0.3 is 5.97 Å². The van der Waals surface area contributed by atoms with Gasteiger partial charge < -0.3 is 19.8 Å². The average Bonchev–Trinajstić information content (AvgIpc) is 2.91. The number of aliphatic hydroxyl groups is 1. The largest absolute Gasteiger partial charge is 0.497 e. The van der Waals surface area contributed by atoms with Gasteiger partial charge in [0.15, 0.2) is 0 Å². The van der Waals surface area contributed by atoms with Gasteiger partial charge in [0.1, 0.15) is 11.6 Å². The van der Waals surface area contributed by atoms with E-state index in [9.17, 15) is 19.4 Å². The van der Waals surface area contributed by atoms with Crippen LogP contribution < -0.4 is 4.74 Å². The summed E-state index contributed by atoms with van der Waals surface area (Å²) in [6.45, 7) is 2.60. The van der Waals surface area contributed by atoms with Gasteiger partial charge in [-0.15, -0.1) is 11.8 Å². The second kappa shape index (κ2) is 13.2. The number of pyridine rings is 1. The van der Waals surface area contributed by atoms with Crippen molar-refractivity contribution < 1.29 is 24.1 Å². The molecule has 0 aliphatic carbocycles. The molecule has 4 rings (SSSR count). The summed E-state index contributed by atoms with van der Waals surface area (Å²) in [6.07, 6.45) is 4.27. The van der Waals surface area contributed by atoms with Crippen molar-refractivity contribution in [2.24, 2.45) is 11.8 Å². The summed E-state index contributed by atoms with van der Waals surface area (Å²) in [5.41, 5.74) is 1.66. The number of hydrogen-bond donors (Lipinski definition) is 2. The molecule has 0 unspecified atom stereocenters. The molecule has 1 saturated heterocycles. The number of carbonyl (C=O) groups is 1. The number of hydrogen-bond acceptors (Lipinski definition) is 6. The molecule has 0 amide bonds. The van der Waals surface area contributed by atoms with E-state index in [2.05, 4.69) is 9.88 Å². The lowest BCUT2D eigenvalue weighted by molar-refractivity contribution is -0.137. The average molecular weight is 527 g/mol. The summed E-state index contributed by atoms with van der Waals surface area (Å²) in [4.78, 5) is 18.8. The number of carboxylic acids is 1. The molecule has 0 radical (unpaired) electrons. The minimum atomic E-state index is -0.775. The van der Waals surface area contributed by atoms with Crippen molar-refractivity contribution >= 4 is 28.6 Å². The zero-order chi connectivity index (χ0) is 26.2. The van der Waals surface area contributed by atoms with Crippen molar-refractivity contribution in [3.05, 3.63) is 66.1 Å². The molecule has 0 spiro atoms. The molecule has 2 aromatic carbocycles. The number of methoxy groups -OCH3 is 1. The Morgan fingerprint density at radius 3 is 2.84 bits per heavy atom. The Bertz CT molecular complexity index is 1190. The first-order valence-electron chi connectivity index (χ1n) is 12.9. The van der Waals surface area contributed by atoms with Crippen LogP contribution in [0.4, 0.5) is 4.39 Å². The second-order valence-corrected chi connectivity index (χ2v) is 10.8. The monoisotopic (exact) mass is 526 g/mol. The smallest absolute Gasteiger partial charge is 0.303 e. The molecule has 3 atom stereocenters. The highest BCUT2D eigenvalue weighted by Crippen LogP contribution is 2.35. The van der Waals surface area contributed by atoms with E-state index >= 15 is 0 Å². The zero-order valence-electron chi connectivity index (χ0n) is 21.2. The van der Waals surface area contributed by atoms with E-state index < -0.39 is 12.1 Å². The Labute approximate surface area is 221 Å². The van der Waals surface area contributed by atoms with Crippen LogP contribution in [0.1, 0.15) is 43.8 Å². The number of aromatic nitrogens is 1. The molecule has 37 heavy (non-hydrogen) atoms. The summed E-state index contributed by atoms with van der Waals surface area (Å²) in [6, 6.07) is 14.4. The Balaban J connectivity index is 1.35. The number of rotatable bonds is 12. The predicted molar refractivity (Wildman–Crippen MR) is 145 cm³/mol. The molecule has 1 aliphatic rings. The summed E-state index contributed by atoms with van der Waals surface area (Å²) in [7, 11) is 1.62. The van der Waals surface area contributed by atoms with Crippen molar-refractivity contribution in [1.82, 2.24) is 9.88 Å². The molecule has 6 nitrogen and oxygen atoms in total. The Morgan fingerprint density at radius 1 is 1.22 bits per heavy atom. The molecular formula is C29H35FN2O4S. The van der Waals surface area contributed by atoms with E-state index in [1.165, 1.54) is 17.8 Å². The number of fused-ring (bicyclic) bond motifs is 1. The third-order valence-corrected chi connectivity index (χ3v) is 8.39. The number of piperidine rings is 1. The maximum Gasteiger partial charge on any atom is 0.303 e. The quantitative estimate of drug-likeness (QED) is 0.289. The van der Waals surface area contributed by atoms with E-state index in [1.807, 2.05) is 30.3 Å². The van der Waals surface area contributed by atoms with Gasteiger partial charge in [0.05, 0.1) is 18.7 Å². The van der Waals surface area contributed by atoms with Gasteiger partial charge in [0, 0.05) is 41.7 Å². The number of aliphatic carboxylic acids is 1. The molecule has 1 aromatic heterocycles. The van der Waals surface area contributed by atoms with Gasteiger partial charge in [0.25, 0.3) is 0 Å². The van der Waals surface area contributed by atoms with Gasteiger partial charge in [-0.25, -0.2) is 4.39 Å². The second-order valence-electron chi connectivity index (χ2n) is 9.70. The van der Waals surface area contributed by atoms with Crippen LogP contribution in [0.2, 0.25) is 0 Å². The third-order valence-electron chi connectivity index (χ3n) is 7.36. The Kier molecular flexibility index (Phi) is 9.77. The van der Waals surface area contributed by atoms with Crippen molar-refractivity contribution in [2.75, 3.05) is 32.5 Å². The summed E-state index contributed by atoms with van der Waals surface area (Å²) >= 11 is 1.52. The number of nitrogens with zero attached hydrogens (tertiary/aromatic N) is 2. The van der Waals surface area contributed by atoms with Crippen molar-refractivity contribution in [1.29, 1.82) is 0 Å². The number of carboxylic acid groups (broad SMARTS) is 1. The van der Waals surface area contributed by atoms with Crippen LogP contribution in [-0.4, -0.2) is 58.6 Å². The molecule has 1 fully saturated rings. The van der Waals surface area contributed by atoms with E-state index in [1.54, 1.807) is 25.4 Å². The first-order chi connectivity index (χ1) is 17.9. The van der Waals surface area contributed by atoms with E-state index in [-0.39, 0.29) is 18.2 Å². The highest BCUT2D eigenvalue weighted by Gasteiger charge is 2.30. The van der Waals surface area contributed by atoms with Crippen LogP contribution in [0.3, 0.4) is 0 Å². The fourth-order valence-electron chi connectivity index (χ4n) is 5.31. The molecule has 1 aliphatic heterocycles. The number of benzene rings is 2. The minimum Gasteiger partial charge on any atom is -0.497 e. The summed E-state index contributed by atoms with van der Waals surface area (Å²) in [5, 5.41) is 21.3. The number of thioether (sulfide) groups is 1. The molecular weight excluding hydrogens is 491 g/mol. The fraction of sp³-hybridized carbons (Fsp3) is 0.448. The summed E-state index contributed by atoms with van der Waals surface area (Å²) < 4.78 is 19.3. The van der Waals surface area contributed by atoms with Gasteiger partial charge in [-0.05, 0) is 86.0 Å². The van der Waals surface area contributed by atoms with E-state index in [0.717, 1.165) is 60.4 Å². The molecule has 0 bridgehead atoms. The lowest BCUT2D eigenvalue weighted by Crippen LogP contribution is -2.41. The van der Waals surface area contributed by atoms with Crippen molar-refractivity contribution in [3.63, 3.8) is 0 Å². The van der Waals surface area contributed by atoms with Crippen molar-refractivity contribution in [3.8, 4) is 5.75 Å². The van der Waals surface area contributed by atoms with E-state index in [4.69, 9.17) is 4.74 Å². The van der Waals surface area contributed by atoms with Crippen LogP contribution in [-0.2, 0) is 4.79 Å². The van der Waals surface area contributed by atoms with Crippen LogP contribution >= 0.6 is 11.8 Å². The Hall–Kier alpha value is -2.68. The fourth-order valence-corrected chi connectivity index (χ4v) is 6.26. The standard InChI is InChI=1S/C29H35FN2O4S/c1-36-22-8-9-26-24(18-22)23(12-14-31-26)27(33)10-6-20-13-15-32(19-21(20)7-11-29(34)35)16-17-37-28-5-3-2-4-25(28)30/h2-5,8-9,12,14,18,20-21,27,33H,6-7,10-11,13,15-17,19H2,1H3,(H,34,35)/t20-,21-,27-/m1/s1.